The predicted molar refractivity (Wildman–Crippen MR) is 110 cm³/mol. The monoisotopic (exact) mass is 354 g/mol. The largest absolute Gasteiger partial charge is 0.393 e. The fourth-order valence-corrected chi connectivity index (χ4v) is 4.02. The van der Waals surface area contributed by atoms with E-state index in [1.165, 1.54) is 58.2 Å². The van der Waals surface area contributed by atoms with Crippen molar-refractivity contribution in [2.45, 2.75) is 98.1 Å². The maximum Gasteiger partial charge on any atom is 0.0564 e. The van der Waals surface area contributed by atoms with Gasteiger partial charge in [-0.05, 0) is 77.3 Å². The van der Waals surface area contributed by atoms with Crippen LogP contribution >= 0.6 is 0 Å². The third-order valence-corrected chi connectivity index (χ3v) is 6.26. The van der Waals surface area contributed by atoms with Crippen molar-refractivity contribution in [3.05, 3.63) is 0 Å². The first-order chi connectivity index (χ1) is 12.1. The molecular weight excluding hydrogens is 308 g/mol. The molecule has 0 amide bonds. The van der Waals surface area contributed by atoms with Gasteiger partial charge in [0, 0.05) is 25.7 Å². The van der Waals surface area contributed by atoms with Crippen LogP contribution in [0, 0.1) is 11.8 Å². The normalized spacial score (nSPS) is 24.1. The molecule has 3 nitrogen and oxygen atoms in total. The molecule has 3 fully saturated rings. The molecule has 0 unspecified atom stereocenters. The number of aliphatic hydroxyl groups excluding tert-OH is 1. The summed E-state index contributed by atoms with van der Waals surface area (Å²) in [6.07, 6.45) is 10.7. The number of nitrogens with zero attached hydrogens (tertiary/aromatic N) is 2. The zero-order valence-corrected chi connectivity index (χ0v) is 17.8. The van der Waals surface area contributed by atoms with E-state index in [0.717, 1.165) is 37.8 Å². The van der Waals surface area contributed by atoms with Gasteiger partial charge in [-0.1, -0.05) is 33.6 Å². The average molecular weight is 355 g/mol. The van der Waals surface area contributed by atoms with Crippen molar-refractivity contribution < 1.29 is 5.11 Å². The van der Waals surface area contributed by atoms with Gasteiger partial charge in [0.1, 0.15) is 0 Å². The van der Waals surface area contributed by atoms with Crippen LogP contribution in [0.15, 0.2) is 0 Å². The zero-order chi connectivity index (χ0) is 18.7. The van der Waals surface area contributed by atoms with Crippen molar-refractivity contribution in [3.8, 4) is 0 Å². The summed E-state index contributed by atoms with van der Waals surface area (Å²) in [7, 11) is 0. The summed E-state index contributed by atoms with van der Waals surface area (Å²) in [6.45, 7) is 17.1. The Morgan fingerprint density at radius 2 is 1.40 bits per heavy atom. The van der Waals surface area contributed by atoms with E-state index < -0.39 is 0 Å². The molecule has 2 heterocycles. The van der Waals surface area contributed by atoms with Crippen molar-refractivity contribution in [1.29, 1.82) is 0 Å². The van der Waals surface area contributed by atoms with Crippen molar-refractivity contribution >= 4 is 0 Å². The Balaban J connectivity index is 0.000000235. The van der Waals surface area contributed by atoms with Gasteiger partial charge in [-0.2, -0.15) is 0 Å². The van der Waals surface area contributed by atoms with E-state index >= 15 is 0 Å². The lowest BCUT2D eigenvalue weighted by molar-refractivity contribution is 0.0685. The number of aliphatic hydroxyl groups is 1. The van der Waals surface area contributed by atoms with Crippen LogP contribution < -0.4 is 0 Å². The Bertz CT molecular complexity index is 301. The number of rotatable bonds is 4. The quantitative estimate of drug-likeness (QED) is 0.786. The molecule has 3 aliphatic rings. The van der Waals surface area contributed by atoms with E-state index in [0.29, 0.717) is 6.04 Å². The van der Waals surface area contributed by atoms with Crippen LogP contribution in [0.5, 0.6) is 0 Å². The molecule has 1 N–H and O–H groups in total. The SMILES string of the molecule is CC.CC(C)N1CCC(O)CC1.CCC1CCN(CC2CCC2)CC1. The number of hydrogen-bond acceptors (Lipinski definition) is 3. The minimum Gasteiger partial charge on any atom is -0.393 e. The number of piperidine rings is 2. The summed E-state index contributed by atoms with van der Waals surface area (Å²) in [4.78, 5) is 5.11. The fraction of sp³-hybridized carbons (Fsp3) is 1.00. The topological polar surface area (TPSA) is 26.7 Å². The predicted octanol–water partition coefficient (Wildman–Crippen LogP) is 4.79. The van der Waals surface area contributed by atoms with Gasteiger partial charge in [0.25, 0.3) is 0 Å². The first-order valence-electron chi connectivity index (χ1n) is 11.2. The lowest BCUT2D eigenvalue weighted by Crippen LogP contribution is -2.39. The molecule has 0 spiro atoms. The Kier molecular flexibility index (Phi) is 12.0. The molecule has 3 heteroatoms. The van der Waals surface area contributed by atoms with Crippen LogP contribution in [0.1, 0.15) is 86.0 Å². The molecule has 25 heavy (non-hydrogen) atoms. The second kappa shape index (κ2) is 13.1. The molecule has 150 valence electrons. The third-order valence-electron chi connectivity index (χ3n) is 6.26. The molecule has 1 aliphatic carbocycles. The second-order valence-corrected chi connectivity index (χ2v) is 8.31. The number of hydrogen-bond donors (Lipinski definition) is 1. The molecule has 2 aliphatic heterocycles. The van der Waals surface area contributed by atoms with Gasteiger partial charge in [-0.25, -0.2) is 0 Å². The highest BCUT2D eigenvalue weighted by molar-refractivity contribution is 4.77. The van der Waals surface area contributed by atoms with Crippen molar-refractivity contribution in [3.63, 3.8) is 0 Å². The van der Waals surface area contributed by atoms with Crippen LogP contribution in [0.3, 0.4) is 0 Å². The first kappa shape index (κ1) is 22.9. The van der Waals surface area contributed by atoms with Gasteiger partial charge in [0.15, 0.2) is 0 Å². The lowest BCUT2D eigenvalue weighted by atomic mass is 9.84. The van der Waals surface area contributed by atoms with Crippen molar-refractivity contribution in [1.82, 2.24) is 9.80 Å². The van der Waals surface area contributed by atoms with Crippen LogP contribution in [-0.2, 0) is 0 Å². The molecule has 0 aromatic carbocycles. The Morgan fingerprint density at radius 3 is 1.80 bits per heavy atom. The van der Waals surface area contributed by atoms with Crippen molar-refractivity contribution in [2.24, 2.45) is 11.8 Å². The minimum absolute atomic E-state index is 0.0324. The standard InChI is InChI=1S/C12H23N.C8H17NO.C2H6/c1-2-11-6-8-13(9-7-11)10-12-4-3-5-12;1-7(2)9-5-3-8(10)4-6-9;1-2/h11-12H,2-10H2,1H3;7-8,10H,3-6H2,1-2H3;1-2H3. The molecule has 0 bridgehead atoms. The summed E-state index contributed by atoms with van der Waals surface area (Å²) in [5.41, 5.74) is 0. The van der Waals surface area contributed by atoms with Crippen LogP contribution in [0.2, 0.25) is 0 Å². The van der Waals surface area contributed by atoms with E-state index in [4.69, 9.17) is 0 Å². The Labute approximate surface area is 158 Å². The summed E-state index contributed by atoms with van der Waals surface area (Å²) in [5, 5.41) is 9.18. The molecule has 0 aromatic rings. The minimum atomic E-state index is -0.0324. The molecule has 2 saturated heterocycles. The zero-order valence-electron chi connectivity index (χ0n) is 17.8. The Hall–Kier alpha value is -0.120. The summed E-state index contributed by atoms with van der Waals surface area (Å²) in [5.74, 6) is 2.11. The lowest BCUT2D eigenvalue weighted by Gasteiger charge is -2.36. The van der Waals surface area contributed by atoms with Gasteiger partial charge < -0.3 is 14.9 Å². The average Bonchev–Trinajstić information content (AvgIpc) is 2.61. The Morgan fingerprint density at radius 1 is 0.840 bits per heavy atom. The number of likely N-dealkylation sites (tertiary alicyclic amines) is 2. The van der Waals surface area contributed by atoms with Crippen LogP contribution in [0.4, 0.5) is 0 Å². The maximum absolute atomic E-state index is 9.18. The third kappa shape index (κ3) is 8.88. The molecule has 0 radical (unpaired) electrons. The van der Waals surface area contributed by atoms with Gasteiger partial charge >= 0.3 is 0 Å². The molecule has 3 rings (SSSR count). The summed E-state index contributed by atoms with van der Waals surface area (Å²) < 4.78 is 0. The van der Waals surface area contributed by atoms with Crippen molar-refractivity contribution in [2.75, 3.05) is 32.7 Å². The van der Waals surface area contributed by atoms with E-state index in [9.17, 15) is 5.11 Å². The summed E-state index contributed by atoms with van der Waals surface area (Å²) in [6, 6.07) is 0.646. The highest BCUT2D eigenvalue weighted by Gasteiger charge is 2.23. The van der Waals surface area contributed by atoms with Gasteiger partial charge in [0.2, 0.25) is 0 Å². The summed E-state index contributed by atoms with van der Waals surface area (Å²) >= 11 is 0. The second-order valence-electron chi connectivity index (χ2n) is 8.31. The van der Waals surface area contributed by atoms with Crippen LogP contribution in [-0.4, -0.2) is 59.8 Å². The van der Waals surface area contributed by atoms with Gasteiger partial charge in [-0.15, -0.1) is 0 Å². The van der Waals surface area contributed by atoms with E-state index in [1.807, 2.05) is 13.8 Å². The molecule has 0 atom stereocenters. The smallest absolute Gasteiger partial charge is 0.0564 e. The molecular formula is C22H46N2O. The molecule has 1 saturated carbocycles. The molecule has 0 aromatic heterocycles. The van der Waals surface area contributed by atoms with E-state index in [2.05, 4.69) is 30.6 Å². The van der Waals surface area contributed by atoms with Crippen LogP contribution in [0.25, 0.3) is 0 Å². The highest BCUT2D eigenvalue weighted by Crippen LogP contribution is 2.29. The van der Waals surface area contributed by atoms with E-state index in [1.54, 1.807) is 0 Å². The van der Waals surface area contributed by atoms with Gasteiger partial charge in [-0.3, -0.25) is 0 Å². The van der Waals surface area contributed by atoms with Gasteiger partial charge in [0.05, 0.1) is 6.10 Å². The maximum atomic E-state index is 9.18. The van der Waals surface area contributed by atoms with E-state index in [-0.39, 0.29) is 6.10 Å². The first-order valence-corrected chi connectivity index (χ1v) is 11.2. The highest BCUT2D eigenvalue weighted by atomic mass is 16.3. The fourth-order valence-electron chi connectivity index (χ4n) is 4.02.